The molecular formula is C12H16BrNO2. The van der Waals surface area contributed by atoms with E-state index in [9.17, 15) is 4.79 Å². The summed E-state index contributed by atoms with van der Waals surface area (Å²) in [7, 11) is 0. The van der Waals surface area contributed by atoms with Crippen LogP contribution in [0.5, 0.6) is 5.75 Å². The van der Waals surface area contributed by atoms with Gasteiger partial charge in [-0.2, -0.15) is 0 Å². The summed E-state index contributed by atoms with van der Waals surface area (Å²) in [4.78, 5) is 11.3. The molecule has 0 saturated heterocycles. The average Bonchev–Trinajstić information content (AvgIpc) is 2.26. The Morgan fingerprint density at radius 1 is 1.50 bits per heavy atom. The third-order valence-corrected chi connectivity index (χ3v) is 2.46. The zero-order valence-electron chi connectivity index (χ0n) is 9.33. The second-order valence-corrected chi connectivity index (χ2v) is 4.32. The van der Waals surface area contributed by atoms with Gasteiger partial charge in [0.2, 0.25) is 5.91 Å². The van der Waals surface area contributed by atoms with Gasteiger partial charge in [0.1, 0.15) is 5.75 Å². The van der Waals surface area contributed by atoms with Crippen molar-refractivity contribution in [3.05, 3.63) is 28.7 Å². The minimum absolute atomic E-state index is 0.0387. The number of nitrogens with one attached hydrogen (secondary N) is 1. The summed E-state index contributed by atoms with van der Waals surface area (Å²) in [6.45, 7) is 3.17. The lowest BCUT2D eigenvalue weighted by molar-refractivity contribution is -0.121. The summed E-state index contributed by atoms with van der Waals surface area (Å²) in [5, 5.41) is 2.80. The van der Waals surface area contributed by atoms with Gasteiger partial charge < -0.3 is 10.1 Å². The van der Waals surface area contributed by atoms with Crippen LogP contribution in [0.1, 0.15) is 19.8 Å². The van der Waals surface area contributed by atoms with Crippen LogP contribution in [0, 0.1) is 0 Å². The largest absolute Gasteiger partial charge is 0.493 e. The van der Waals surface area contributed by atoms with Crippen molar-refractivity contribution in [1.29, 1.82) is 0 Å². The highest BCUT2D eigenvalue weighted by Gasteiger charge is 2.00. The van der Waals surface area contributed by atoms with Gasteiger partial charge in [-0.25, -0.2) is 0 Å². The minimum atomic E-state index is 0.0387. The van der Waals surface area contributed by atoms with Crippen LogP contribution in [0.3, 0.4) is 0 Å². The van der Waals surface area contributed by atoms with E-state index in [1.807, 2.05) is 31.2 Å². The minimum Gasteiger partial charge on any atom is -0.493 e. The Bertz CT molecular complexity index is 342. The lowest BCUT2D eigenvalue weighted by Gasteiger charge is -2.06. The summed E-state index contributed by atoms with van der Waals surface area (Å²) < 4.78 is 6.42. The Balaban J connectivity index is 2.22. The van der Waals surface area contributed by atoms with Crippen molar-refractivity contribution in [2.45, 2.75) is 19.8 Å². The summed E-state index contributed by atoms with van der Waals surface area (Å²) in [5.41, 5.74) is 0. The fourth-order valence-corrected chi connectivity index (χ4v) is 1.55. The highest BCUT2D eigenvalue weighted by Crippen LogP contribution is 2.17. The lowest BCUT2D eigenvalue weighted by Crippen LogP contribution is -2.25. The van der Waals surface area contributed by atoms with Gasteiger partial charge in [-0.15, -0.1) is 0 Å². The predicted molar refractivity (Wildman–Crippen MR) is 67.6 cm³/mol. The van der Waals surface area contributed by atoms with Gasteiger partial charge in [-0.1, -0.05) is 28.9 Å². The van der Waals surface area contributed by atoms with Crippen molar-refractivity contribution in [3.63, 3.8) is 0 Å². The number of rotatable bonds is 6. The molecule has 4 heteroatoms. The summed E-state index contributed by atoms with van der Waals surface area (Å²) >= 11 is 3.36. The van der Waals surface area contributed by atoms with Crippen LogP contribution >= 0.6 is 15.9 Å². The first-order chi connectivity index (χ1) is 7.72. The standard InChI is InChI=1S/C12H16BrNO2/c1-2-7-14-12(15)6-8-16-11-5-3-4-10(13)9-11/h3-5,9H,2,6-8H2,1H3,(H,14,15). The zero-order chi connectivity index (χ0) is 11.8. The maximum Gasteiger partial charge on any atom is 0.223 e. The molecule has 0 radical (unpaired) electrons. The topological polar surface area (TPSA) is 38.3 Å². The van der Waals surface area contributed by atoms with Crippen molar-refractivity contribution >= 4 is 21.8 Å². The van der Waals surface area contributed by atoms with E-state index in [4.69, 9.17) is 4.74 Å². The molecule has 0 aliphatic rings. The van der Waals surface area contributed by atoms with Crippen molar-refractivity contribution in [3.8, 4) is 5.75 Å². The summed E-state index contributed by atoms with van der Waals surface area (Å²) in [6, 6.07) is 7.58. The Kier molecular flexibility index (Phi) is 5.93. The number of carbonyl (C=O) groups is 1. The second kappa shape index (κ2) is 7.28. The lowest BCUT2D eigenvalue weighted by atomic mass is 10.3. The summed E-state index contributed by atoms with van der Waals surface area (Å²) in [5.74, 6) is 0.814. The number of halogens is 1. The van der Waals surface area contributed by atoms with E-state index >= 15 is 0 Å². The van der Waals surface area contributed by atoms with E-state index in [0.29, 0.717) is 13.0 Å². The molecule has 0 aromatic heterocycles. The third-order valence-electron chi connectivity index (χ3n) is 1.97. The fourth-order valence-electron chi connectivity index (χ4n) is 1.17. The molecule has 3 nitrogen and oxygen atoms in total. The van der Waals surface area contributed by atoms with Crippen LogP contribution in [0.2, 0.25) is 0 Å². The van der Waals surface area contributed by atoms with E-state index in [1.54, 1.807) is 0 Å². The fraction of sp³-hybridized carbons (Fsp3) is 0.417. The molecule has 88 valence electrons. The van der Waals surface area contributed by atoms with Crippen LogP contribution in [0.4, 0.5) is 0 Å². The molecular weight excluding hydrogens is 270 g/mol. The predicted octanol–water partition coefficient (Wildman–Crippen LogP) is 2.74. The molecule has 0 aliphatic heterocycles. The van der Waals surface area contributed by atoms with E-state index in [-0.39, 0.29) is 5.91 Å². The van der Waals surface area contributed by atoms with E-state index in [0.717, 1.165) is 23.2 Å². The highest BCUT2D eigenvalue weighted by molar-refractivity contribution is 9.10. The molecule has 0 aliphatic carbocycles. The van der Waals surface area contributed by atoms with Crippen LogP contribution in [-0.4, -0.2) is 19.1 Å². The first kappa shape index (κ1) is 13.0. The van der Waals surface area contributed by atoms with E-state index in [1.165, 1.54) is 0 Å². The zero-order valence-corrected chi connectivity index (χ0v) is 10.9. The normalized spacial score (nSPS) is 9.88. The van der Waals surface area contributed by atoms with E-state index in [2.05, 4.69) is 21.2 Å². The maximum atomic E-state index is 11.3. The Hall–Kier alpha value is -1.03. The number of amides is 1. The monoisotopic (exact) mass is 285 g/mol. The number of carbonyl (C=O) groups excluding carboxylic acids is 1. The maximum absolute atomic E-state index is 11.3. The number of hydrogen-bond acceptors (Lipinski definition) is 2. The second-order valence-electron chi connectivity index (χ2n) is 3.41. The van der Waals surface area contributed by atoms with Gasteiger partial charge in [0.25, 0.3) is 0 Å². The molecule has 0 unspecified atom stereocenters. The van der Waals surface area contributed by atoms with Gasteiger partial charge in [0.15, 0.2) is 0 Å². The van der Waals surface area contributed by atoms with Crippen LogP contribution in [-0.2, 0) is 4.79 Å². The highest BCUT2D eigenvalue weighted by atomic mass is 79.9. The van der Waals surface area contributed by atoms with E-state index < -0.39 is 0 Å². The van der Waals surface area contributed by atoms with Crippen molar-refractivity contribution in [2.75, 3.05) is 13.2 Å². The third kappa shape index (κ3) is 5.16. The number of benzene rings is 1. The van der Waals surface area contributed by atoms with Gasteiger partial charge >= 0.3 is 0 Å². The smallest absolute Gasteiger partial charge is 0.223 e. The SMILES string of the molecule is CCCNC(=O)CCOc1cccc(Br)c1. The molecule has 1 rings (SSSR count). The molecule has 0 saturated carbocycles. The van der Waals surface area contributed by atoms with Crippen molar-refractivity contribution < 1.29 is 9.53 Å². The molecule has 1 N–H and O–H groups in total. The van der Waals surface area contributed by atoms with Gasteiger partial charge in [-0.3, -0.25) is 4.79 Å². The van der Waals surface area contributed by atoms with Crippen LogP contribution in [0.25, 0.3) is 0 Å². The van der Waals surface area contributed by atoms with Crippen molar-refractivity contribution in [2.24, 2.45) is 0 Å². The Labute approximate surface area is 104 Å². The molecule has 0 bridgehead atoms. The molecule has 0 spiro atoms. The first-order valence-corrected chi connectivity index (χ1v) is 6.16. The molecule has 0 fully saturated rings. The molecule has 0 atom stereocenters. The number of hydrogen-bond donors (Lipinski definition) is 1. The van der Waals surface area contributed by atoms with Crippen molar-refractivity contribution in [1.82, 2.24) is 5.32 Å². The van der Waals surface area contributed by atoms with Gasteiger partial charge in [0.05, 0.1) is 13.0 Å². The summed E-state index contributed by atoms with van der Waals surface area (Å²) in [6.07, 6.45) is 1.35. The van der Waals surface area contributed by atoms with Crippen LogP contribution in [0.15, 0.2) is 28.7 Å². The van der Waals surface area contributed by atoms with Crippen LogP contribution < -0.4 is 10.1 Å². The Morgan fingerprint density at radius 2 is 2.31 bits per heavy atom. The molecule has 1 amide bonds. The average molecular weight is 286 g/mol. The molecule has 16 heavy (non-hydrogen) atoms. The first-order valence-electron chi connectivity index (χ1n) is 5.37. The molecule has 1 aromatic rings. The molecule has 1 aromatic carbocycles. The Morgan fingerprint density at radius 3 is 3.00 bits per heavy atom. The quantitative estimate of drug-likeness (QED) is 0.873. The molecule has 0 heterocycles. The number of ether oxygens (including phenoxy) is 1. The van der Waals surface area contributed by atoms with Gasteiger partial charge in [-0.05, 0) is 24.6 Å². The van der Waals surface area contributed by atoms with Gasteiger partial charge in [0, 0.05) is 11.0 Å².